The molecule has 2 aromatic heterocycles. The summed E-state index contributed by atoms with van der Waals surface area (Å²) in [5.41, 5.74) is 1.86. The number of urea groups is 1. The Morgan fingerprint density at radius 1 is 1.02 bits per heavy atom. The second-order valence-electron chi connectivity index (χ2n) is 11.6. The number of aromatic nitrogens is 2. The number of piperazine rings is 1. The highest BCUT2D eigenvalue weighted by Crippen LogP contribution is 2.24. The van der Waals surface area contributed by atoms with Gasteiger partial charge in [0.15, 0.2) is 0 Å². The number of nitrogens with zero attached hydrogens (tertiary/aromatic N) is 6. The van der Waals surface area contributed by atoms with Crippen molar-refractivity contribution < 1.29 is 23.9 Å². The second kappa shape index (κ2) is 12.8. The van der Waals surface area contributed by atoms with Crippen molar-refractivity contribution in [1.29, 1.82) is 0 Å². The molecule has 2 aliphatic heterocycles. The summed E-state index contributed by atoms with van der Waals surface area (Å²) in [6.45, 7) is 9.81. The van der Waals surface area contributed by atoms with E-state index in [1.807, 2.05) is 67.8 Å². The number of methoxy groups -OCH3 is 1. The van der Waals surface area contributed by atoms with Gasteiger partial charge in [-0.3, -0.25) is 23.9 Å². The largest absolute Gasteiger partial charge is 0.497 e. The molecule has 4 heterocycles. The molecule has 2 fully saturated rings. The molecule has 11 nitrogen and oxygen atoms in total. The van der Waals surface area contributed by atoms with E-state index in [1.54, 1.807) is 23.1 Å². The Kier molecular flexibility index (Phi) is 8.87. The van der Waals surface area contributed by atoms with Gasteiger partial charge in [0.1, 0.15) is 22.8 Å². The third-order valence-electron chi connectivity index (χ3n) is 7.39. The van der Waals surface area contributed by atoms with Crippen LogP contribution in [0.1, 0.15) is 44.7 Å². The topological polar surface area (TPSA) is 99.9 Å². The number of amides is 4. The molecule has 4 amide bonds. The van der Waals surface area contributed by atoms with Gasteiger partial charge in [-0.1, -0.05) is 24.0 Å². The first-order chi connectivity index (χ1) is 20.6. The van der Waals surface area contributed by atoms with Crippen LogP contribution >= 0.6 is 0 Å². The van der Waals surface area contributed by atoms with Crippen LogP contribution in [-0.4, -0.2) is 94.1 Å². The first-order valence-electron chi connectivity index (χ1n) is 14.5. The molecule has 5 rings (SSSR count). The van der Waals surface area contributed by atoms with Gasteiger partial charge in [-0.05, 0) is 50.6 Å². The smallest absolute Gasteiger partial charge is 0.410 e. The Labute approximate surface area is 251 Å². The zero-order valence-electron chi connectivity index (χ0n) is 25.2. The number of hydrogen-bond donors (Lipinski definition) is 0. The van der Waals surface area contributed by atoms with Crippen LogP contribution in [0.2, 0.25) is 0 Å². The number of pyridine rings is 1. The average Bonchev–Trinajstić information content (AvgIpc) is 3.40. The highest BCUT2D eigenvalue weighted by atomic mass is 16.6. The molecular weight excluding hydrogens is 548 g/mol. The van der Waals surface area contributed by atoms with Crippen molar-refractivity contribution >= 4 is 29.5 Å². The van der Waals surface area contributed by atoms with Gasteiger partial charge in [0.25, 0.3) is 0 Å². The van der Waals surface area contributed by atoms with Crippen molar-refractivity contribution in [3.63, 3.8) is 0 Å². The second-order valence-corrected chi connectivity index (χ2v) is 11.6. The van der Waals surface area contributed by atoms with Crippen LogP contribution in [0.3, 0.4) is 0 Å². The molecule has 43 heavy (non-hydrogen) atoms. The summed E-state index contributed by atoms with van der Waals surface area (Å²) in [4.78, 5) is 49.8. The highest BCUT2D eigenvalue weighted by Gasteiger charge is 2.34. The molecule has 1 aromatic carbocycles. The van der Waals surface area contributed by atoms with Crippen LogP contribution in [-0.2, 0) is 16.1 Å². The summed E-state index contributed by atoms with van der Waals surface area (Å²) in [7, 11) is 1.59. The summed E-state index contributed by atoms with van der Waals surface area (Å²) in [5, 5.41) is 0. The average molecular weight is 587 g/mol. The first-order valence-corrected chi connectivity index (χ1v) is 14.5. The van der Waals surface area contributed by atoms with Gasteiger partial charge in [0.05, 0.1) is 19.9 Å². The van der Waals surface area contributed by atoms with Crippen molar-refractivity contribution in [2.45, 2.75) is 45.8 Å². The number of imidazole rings is 1. The van der Waals surface area contributed by atoms with Crippen LogP contribution in [0.25, 0.3) is 5.65 Å². The molecule has 226 valence electrons. The van der Waals surface area contributed by atoms with Gasteiger partial charge in [0, 0.05) is 63.9 Å². The summed E-state index contributed by atoms with van der Waals surface area (Å²) < 4.78 is 12.5. The number of hydrogen-bond acceptors (Lipinski definition) is 7. The van der Waals surface area contributed by atoms with Crippen molar-refractivity contribution in [2.75, 3.05) is 51.3 Å². The normalized spacial score (nSPS) is 16.3. The predicted molar refractivity (Wildman–Crippen MR) is 162 cm³/mol. The number of imide groups is 1. The molecular formula is C32H38N6O5. The van der Waals surface area contributed by atoms with Crippen LogP contribution < -0.4 is 9.64 Å². The zero-order valence-corrected chi connectivity index (χ0v) is 25.2. The minimum Gasteiger partial charge on any atom is -0.497 e. The lowest BCUT2D eigenvalue weighted by atomic mass is 10.2. The fraction of sp³-hybridized carbons (Fsp3) is 0.438. The van der Waals surface area contributed by atoms with Crippen molar-refractivity contribution in [3.05, 3.63) is 59.9 Å². The Balaban J connectivity index is 1.17. The van der Waals surface area contributed by atoms with Gasteiger partial charge >= 0.3 is 12.1 Å². The Bertz CT molecular complexity index is 1540. The summed E-state index contributed by atoms with van der Waals surface area (Å²) in [6.07, 6.45) is 4.19. The maximum absolute atomic E-state index is 13.4. The fourth-order valence-corrected chi connectivity index (χ4v) is 5.08. The van der Waals surface area contributed by atoms with Gasteiger partial charge in [-0.25, -0.2) is 14.6 Å². The SMILES string of the molecule is COc1ccc(CN2C(=O)CCN(c3cnc4cc(C#CCCN5CCN(C(=O)OC(C)(C)C)CC5)ccn34)C2=O)cc1. The monoisotopic (exact) mass is 586 g/mol. The van der Waals surface area contributed by atoms with E-state index in [4.69, 9.17) is 9.47 Å². The van der Waals surface area contributed by atoms with E-state index in [-0.39, 0.29) is 37.5 Å². The van der Waals surface area contributed by atoms with Gasteiger partial charge in [0.2, 0.25) is 5.91 Å². The van der Waals surface area contributed by atoms with E-state index < -0.39 is 5.60 Å². The summed E-state index contributed by atoms with van der Waals surface area (Å²) >= 11 is 0. The molecule has 0 radical (unpaired) electrons. The first kappa shape index (κ1) is 29.9. The molecule has 0 saturated carbocycles. The minimum absolute atomic E-state index is 0.189. The Morgan fingerprint density at radius 2 is 1.77 bits per heavy atom. The number of carbonyl (C=O) groups excluding carboxylic acids is 3. The maximum atomic E-state index is 13.4. The lowest BCUT2D eigenvalue weighted by Gasteiger charge is -2.35. The molecule has 0 bridgehead atoms. The molecule has 11 heteroatoms. The highest BCUT2D eigenvalue weighted by molar-refractivity contribution is 6.05. The summed E-state index contributed by atoms with van der Waals surface area (Å²) in [5.74, 6) is 7.59. The molecule has 0 N–H and O–H groups in total. The van der Waals surface area contributed by atoms with Crippen molar-refractivity contribution in [3.8, 4) is 17.6 Å². The van der Waals surface area contributed by atoms with E-state index >= 15 is 0 Å². The summed E-state index contributed by atoms with van der Waals surface area (Å²) in [6, 6.07) is 10.7. The molecule has 2 saturated heterocycles. The lowest BCUT2D eigenvalue weighted by molar-refractivity contribution is -0.129. The minimum atomic E-state index is -0.490. The van der Waals surface area contributed by atoms with Crippen LogP contribution in [0.4, 0.5) is 15.4 Å². The van der Waals surface area contributed by atoms with Gasteiger partial charge < -0.3 is 14.4 Å². The van der Waals surface area contributed by atoms with Crippen LogP contribution in [0, 0.1) is 11.8 Å². The molecule has 0 unspecified atom stereocenters. The number of rotatable bonds is 6. The molecule has 0 atom stereocenters. The van der Waals surface area contributed by atoms with Crippen molar-refractivity contribution in [2.24, 2.45) is 0 Å². The van der Waals surface area contributed by atoms with Gasteiger partial charge in [-0.15, -0.1) is 0 Å². The number of ether oxygens (including phenoxy) is 2. The van der Waals surface area contributed by atoms with Crippen molar-refractivity contribution in [1.82, 2.24) is 24.1 Å². The van der Waals surface area contributed by atoms with E-state index in [2.05, 4.69) is 21.7 Å². The van der Waals surface area contributed by atoms with E-state index in [1.165, 1.54) is 4.90 Å². The van der Waals surface area contributed by atoms with Crippen LogP contribution in [0.15, 0.2) is 48.8 Å². The third-order valence-corrected chi connectivity index (χ3v) is 7.39. The predicted octanol–water partition coefficient (Wildman–Crippen LogP) is 4.00. The Morgan fingerprint density at radius 3 is 2.47 bits per heavy atom. The quantitative estimate of drug-likeness (QED) is 0.403. The standard InChI is InChI=1S/C32H38N6O5/c1-32(2,3)43-31(41)35-19-17-34(18-20-35)14-6-5-7-24-12-15-36-27(21-24)33-22-28(36)37-16-13-29(39)38(30(37)40)23-25-8-10-26(42-4)11-9-25/h8-12,15,21-22H,6,13-14,16-20,23H2,1-4H3. The maximum Gasteiger partial charge on any atom is 0.410 e. The molecule has 0 spiro atoms. The number of benzene rings is 1. The Hall–Kier alpha value is -4.56. The molecule has 3 aromatic rings. The molecule has 2 aliphatic rings. The van der Waals surface area contributed by atoms with E-state index in [9.17, 15) is 14.4 Å². The number of carbonyl (C=O) groups is 3. The zero-order chi connectivity index (χ0) is 30.6. The fourth-order valence-electron chi connectivity index (χ4n) is 5.08. The lowest BCUT2D eigenvalue weighted by Crippen LogP contribution is -2.52. The molecule has 0 aliphatic carbocycles. The van der Waals surface area contributed by atoms with E-state index in [0.29, 0.717) is 36.7 Å². The number of fused-ring (bicyclic) bond motifs is 1. The van der Waals surface area contributed by atoms with Gasteiger partial charge in [-0.2, -0.15) is 0 Å². The third kappa shape index (κ3) is 7.27. The number of anilines is 1. The van der Waals surface area contributed by atoms with Crippen LogP contribution in [0.5, 0.6) is 5.75 Å². The van der Waals surface area contributed by atoms with E-state index in [0.717, 1.165) is 30.8 Å².